The Balaban J connectivity index is 1.98. The molecule has 0 fully saturated rings. The average Bonchev–Trinajstić information content (AvgIpc) is 2.92. The molecule has 24 heavy (non-hydrogen) atoms. The van der Waals surface area contributed by atoms with Gasteiger partial charge in [0.15, 0.2) is 0 Å². The van der Waals surface area contributed by atoms with E-state index in [1.54, 1.807) is 11.3 Å². The molecule has 0 bridgehead atoms. The highest BCUT2D eigenvalue weighted by atomic mass is 32.1. The fourth-order valence-electron chi connectivity index (χ4n) is 3.29. The van der Waals surface area contributed by atoms with Gasteiger partial charge >= 0.3 is 0 Å². The van der Waals surface area contributed by atoms with E-state index in [4.69, 9.17) is 4.98 Å². The maximum atomic E-state index is 4.91. The van der Waals surface area contributed by atoms with E-state index in [9.17, 15) is 0 Å². The Kier molecular flexibility index (Phi) is 3.47. The zero-order chi connectivity index (χ0) is 16.9. The lowest BCUT2D eigenvalue weighted by Crippen LogP contribution is -2.12. The molecule has 0 unspecified atom stereocenters. The van der Waals surface area contributed by atoms with Crippen molar-refractivity contribution >= 4 is 32.3 Å². The van der Waals surface area contributed by atoms with Crippen LogP contribution in [-0.2, 0) is 5.41 Å². The fourth-order valence-corrected chi connectivity index (χ4v) is 4.15. The standard InChI is InChI=1S/C22H21NS/c1-14-11-20-21(24-14)10-9-19(23-20)16-12-15-7-5-6-8-17(15)18(13-16)22(2,3)4/h5-13H,1-4H3. The maximum absolute atomic E-state index is 4.91. The third kappa shape index (κ3) is 2.61. The smallest absolute Gasteiger partial charge is 0.0819 e. The minimum atomic E-state index is 0.0959. The van der Waals surface area contributed by atoms with Gasteiger partial charge in [-0.05, 0) is 59.0 Å². The molecular formula is C22H21NS. The topological polar surface area (TPSA) is 12.9 Å². The first kappa shape index (κ1) is 15.3. The van der Waals surface area contributed by atoms with E-state index in [0.29, 0.717) is 0 Å². The second-order valence-electron chi connectivity index (χ2n) is 7.43. The van der Waals surface area contributed by atoms with Crippen molar-refractivity contribution in [1.29, 1.82) is 0 Å². The summed E-state index contributed by atoms with van der Waals surface area (Å²) in [5.41, 5.74) is 4.82. The van der Waals surface area contributed by atoms with E-state index in [1.165, 1.54) is 31.5 Å². The van der Waals surface area contributed by atoms with Crippen molar-refractivity contribution < 1.29 is 0 Å². The van der Waals surface area contributed by atoms with Gasteiger partial charge in [0.2, 0.25) is 0 Å². The predicted octanol–water partition coefficient (Wildman–Crippen LogP) is 6.72. The predicted molar refractivity (Wildman–Crippen MR) is 106 cm³/mol. The first-order valence-electron chi connectivity index (χ1n) is 8.33. The number of thiophene rings is 1. The number of rotatable bonds is 1. The van der Waals surface area contributed by atoms with E-state index in [2.05, 4.69) is 82.3 Å². The molecule has 0 spiro atoms. The summed E-state index contributed by atoms with van der Waals surface area (Å²) in [6, 6.07) is 19.7. The molecular weight excluding hydrogens is 310 g/mol. The van der Waals surface area contributed by atoms with E-state index in [0.717, 1.165) is 11.2 Å². The highest BCUT2D eigenvalue weighted by Crippen LogP contribution is 2.35. The summed E-state index contributed by atoms with van der Waals surface area (Å²) in [4.78, 5) is 6.22. The van der Waals surface area contributed by atoms with Gasteiger partial charge in [0.1, 0.15) is 0 Å². The minimum Gasteiger partial charge on any atom is -0.247 e. The maximum Gasteiger partial charge on any atom is 0.0819 e. The van der Waals surface area contributed by atoms with Gasteiger partial charge in [-0.25, -0.2) is 4.98 Å². The van der Waals surface area contributed by atoms with E-state index < -0.39 is 0 Å². The van der Waals surface area contributed by atoms with Gasteiger partial charge in [0.25, 0.3) is 0 Å². The molecule has 0 aliphatic rings. The van der Waals surface area contributed by atoms with Gasteiger partial charge in [-0.1, -0.05) is 45.0 Å². The molecule has 0 aliphatic heterocycles. The molecule has 0 aliphatic carbocycles. The number of hydrogen-bond acceptors (Lipinski definition) is 2. The number of aromatic nitrogens is 1. The number of hydrogen-bond donors (Lipinski definition) is 0. The Hall–Kier alpha value is -2.19. The molecule has 0 saturated carbocycles. The molecule has 4 rings (SSSR count). The zero-order valence-electron chi connectivity index (χ0n) is 14.6. The van der Waals surface area contributed by atoms with E-state index in [-0.39, 0.29) is 5.41 Å². The summed E-state index contributed by atoms with van der Waals surface area (Å²) < 4.78 is 1.26. The van der Waals surface area contributed by atoms with Crippen LogP contribution in [0, 0.1) is 6.92 Å². The molecule has 0 saturated heterocycles. The monoisotopic (exact) mass is 331 g/mol. The van der Waals surface area contributed by atoms with Crippen molar-refractivity contribution in [2.75, 3.05) is 0 Å². The molecule has 0 N–H and O–H groups in total. The van der Waals surface area contributed by atoms with Gasteiger partial charge in [-0.2, -0.15) is 0 Å². The Bertz CT molecular complexity index is 1050. The molecule has 0 radical (unpaired) electrons. The Morgan fingerprint density at radius 2 is 1.71 bits per heavy atom. The van der Waals surface area contributed by atoms with E-state index >= 15 is 0 Å². The molecule has 2 heteroatoms. The van der Waals surface area contributed by atoms with Crippen molar-refractivity contribution in [3.63, 3.8) is 0 Å². The van der Waals surface area contributed by atoms with Crippen molar-refractivity contribution in [1.82, 2.24) is 4.98 Å². The number of nitrogens with zero attached hydrogens (tertiary/aromatic N) is 1. The molecule has 0 amide bonds. The van der Waals surface area contributed by atoms with Gasteiger partial charge in [-0.3, -0.25) is 0 Å². The normalized spacial score (nSPS) is 12.2. The Morgan fingerprint density at radius 1 is 0.917 bits per heavy atom. The van der Waals surface area contributed by atoms with Crippen LogP contribution in [-0.4, -0.2) is 4.98 Å². The summed E-state index contributed by atoms with van der Waals surface area (Å²) >= 11 is 1.80. The van der Waals surface area contributed by atoms with Crippen LogP contribution in [0.1, 0.15) is 31.2 Å². The van der Waals surface area contributed by atoms with Crippen LogP contribution in [0.15, 0.2) is 54.6 Å². The average molecular weight is 331 g/mol. The molecule has 120 valence electrons. The lowest BCUT2D eigenvalue weighted by atomic mass is 9.82. The first-order chi connectivity index (χ1) is 11.4. The molecule has 2 aromatic carbocycles. The summed E-state index contributed by atoms with van der Waals surface area (Å²) in [7, 11) is 0. The summed E-state index contributed by atoms with van der Waals surface area (Å²) in [5, 5.41) is 2.62. The second-order valence-corrected chi connectivity index (χ2v) is 8.72. The second kappa shape index (κ2) is 5.42. The molecule has 2 aromatic heterocycles. The third-order valence-corrected chi connectivity index (χ3v) is 5.47. The van der Waals surface area contributed by atoms with Gasteiger partial charge in [0.05, 0.1) is 15.9 Å². The number of fused-ring (bicyclic) bond motifs is 2. The van der Waals surface area contributed by atoms with Crippen molar-refractivity contribution in [3.8, 4) is 11.3 Å². The number of pyridine rings is 1. The Labute approximate surface area is 147 Å². The summed E-state index contributed by atoms with van der Waals surface area (Å²) in [6.07, 6.45) is 0. The van der Waals surface area contributed by atoms with Gasteiger partial charge in [-0.15, -0.1) is 11.3 Å². The van der Waals surface area contributed by atoms with Crippen LogP contribution in [0.5, 0.6) is 0 Å². The van der Waals surface area contributed by atoms with Crippen molar-refractivity contribution in [2.24, 2.45) is 0 Å². The molecule has 2 heterocycles. The molecule has 4 aromatic rings. The zero-order valence-corrected chi connectivity index (χ0v) is 15.4. The van der Waals surface area contributed by atoms with Crippen LogP contribution >= 0.6 is 11.3 Å². The van der Waals surface area contributed by atoms with E-state index in [1.807, 2.05) is 0 Å². The SMILES string of the molecule is Cc1cc2nc(-c3cc(C(C)(C)C)c4ccccc4c3)ccc2s1. The largest absolute Gasteiger partial charge is 0.247 e. The lowest BCUT2D eigenvalue weighted by molar-refractivity contribution is 0.596. The van der Waals surface area contributed by atoms with Crippen LogP contribution in [0.4, 0.5) is 0 Å². The summed E-state index contributed by atoms with van der Waals surface area (Å²) in [6.45, 7) is 8.96. The number of aryl methyl sites for hydroxylation is 1. The van der Waals surface area contributed by atoms with Crippen LogP contribution < -0.4 is 0 Å². The van der Waals surface area contributed by atoms with Crippen molar-refractivity contribution in [2.45, 2.75) is 33.1 Å². The van der Waals surface area contributed by atoms with Crippen LogP contribution in [0.2, 0.25) is 0 Å². The summed E-state index contributed by atoms with van der Waals surface area (Å²) in [5.74, 6) is 0. The molecule has 0 atom stereocenters. The van der Waals surface area contributed by atoms with Crippen LogP contribution in [0.3, 0.4) is 0 Å². The van der Waals surface area contributed by atoms with Gasteiger partial charge < -0.3 is 0 Å². The van der Waals surface area contributed by atoms with Crippen LogP contribution in [0.25, 0.3) is 32.2 Å². The minimum absolute atomic E-state index is 0.0959. The Morgan fingerprint density at radius 3 is 2.50 bits per heavy atom. The first-order valence-corrected chi connectivity index (χ1v) is 9.14. The number of benzene rings is 2. The quantitative estimate of drug-likeness (QED) is 0.377. The molecule has 1 nitrogen and oxygen atoms in total. The third-order valence-electron chi connectivity index (χ3n) is 4.46. The highest BCUT2D eigenvalue weighted by molar-refractivity contribution is 7.18. The fraction of sp³-hybridized carbons (Fsp3) is 0.227. The van der Waals surface area contributed by atoms with Gasteiger partial charge in [0, 0.05) is 10.4 Å². The highest BCUT2D eigenvalue weighted by Gasteiger charge is 2.18. The lowest BCUT2D eigenvalue weighted by Gasteiger charge is -2.22. The van der Waals surface area contributed by atoms with Crippen molar-refractivity contribution in [3.05, 3.63) is 65.0 Å².